The summed E-state index contributed by atoms with van der Waals surface area (Å²) in [4.78, 5) is 22.0. The molecule has 142 valence electrons. The molecule has 0 amide bonds. The first-order valence-electron chi connectivity index (χ1n) is 7.19. The Balaban J connectivity index is 0.00000101. The summed E-state index contributed by atoms with van der Waals surface area (Å²) in [7, 11) is -4.94. The second kappa shape index (κ2) is 10.3. The van der Waals surface area contributed by atoms with Gasteiger partial charge >= 0.3 is 11.9 Å². The topological polar surface area (TPSA) is 149 Å². The smallest absolute Gasteiger partial charge is 0.303 e. The molecular formula is C15H22ClNO8. The summed E-state index contributed by atoms with van der Waals surface area (Å²) in [6, 6.07) is 4.12. The Bertz CT molecular complexity index is 571. The largest absolute Gasteiger partial charge is 0.462 e. The molecule has 0 radical (unpaired) electrons. The molecule has 0 aliphatic carbocycles. The summed E-state index contributed by atoms with van der Waals surface area (Å²) in [6.07, 6.45) is -0.485. The molecular weight excluding hydrogens is 358 g/mol. The van der Waals surface area contributed by atoms with E-state index in [4.69, 9.17) is 28.1 Å². The van der Waals surface area contributed by atoms with Crippen LogP contribution in [-0.2, 0) is 25.6 Å². The zero-order valence-corrected chi connectivity index (χ0v) is 15.5. The highest BCUT2D eigenvalue weighted by Gasteiger charge is 2.22. The lowest BCUT2D eigenvalue weighted by Gasteiger charge is -2.17. The van der Waals surface area contributed by atoms with Gasteiger partial charge < -0.3 is 9.47 Å². The van der Waals surface area contributed by atoms with Gasteiger partial charge in [-0.25, -0.2) is 18.6 Å². The SMILES string of the molecule is CC(=O)OCC(C[n+]1c(C)cc(C)cc1C)OC(C)=O.[O-][Cl+3]([O-])([O-])[O-]. The van der Waals surface area contributed by atoms with Gasteiger partial charge in [0.25, 0.3) is 0 Å². The van der Waals surface area contributed by atoms with E-state index in [9.17, 15) is 9.59 Å². The van der Waals surface area contributed by atoms with Crippen LogP contribution in [-0.4, -0.2) is 24.6 Å². The Morgan fingerprint density at radius 3 is 1.84 bits per heavy atom. The van der Waals surface area contributed by atoms with Crippen LogP contribution in [0.5, 0.6) is 0 Å². The molecule has 0 spiro atoms. The number of rotatable bonds is 5. The van der Waals surface area contributed by atoms with Crippen molar-refractivity contribution < 1.29 is 52.5 Å². The molecule has 0 bridgehead atoms. The van der Waals surface area contributed by atoms with Crippen molar-refractivity contribution in [3.63, 3.8) is 0 Å². The lowest BCUT2D eigenvalue weighted by atomic mass is 10.2. The summed E-state index contributed by atoms with van der Waals surface area (Å²) < 4.78 is 46.2. The summed E-state index contributed by atoms with van der Waals surface area (Å²) in [5.74, 6) is -0.769. The third-order valence-corrected chi connectivity index (χ3v) is 2.92. The predicted octanol–water partition coefficient (Wildman–Crippen LogP) is -3.36. The Morgan fingerprint density at radius 1 is 1.04 bits per heavy atom. The van der Waals surface area contributed by atoms with Gasteiger partial charge in [-0.15, -0.1) is 10.2 Å². The predicted molar refractivity (Wildman–Crippen MR) is 73.0 cm³/mol. The summed E-state index contributed by atoms with van der Waals surface area (Å²) in [5.41, 5.74) is 3.32. The van der Waals surface area contributed by atoms with Crippen LogP contribution in [0.3, 0.4) is 0 Å². The highest BCUT2D eigenvalue weighted by Crippen LogP contribution is 2.04. The van der Waals surface area contributed by atoms with E-state index in [1.165, 1.54) is 19.4 Å². The Labute approximate surface area is 148 Å². The molecule has 1 atom stereocenters. The Hall–Kier alpha value is -1.78. The molecule has 1 rings (SSSR count). The molecule has 0 aliphatic rings. The standard InChI is InChI=1S/C15H22NO4.ClHO4/c1-10-6-11(2)16(12(3)7-10)8-15(20-14(5)18)9-19-13(4)17;2-1(3,4)5/h6-7,15H,8-9H2,1-5H3;(H,2,3,4,5)/q+1;/p-1. The van der Waals surface area contributed by atoms with E-state index in [0.717, 1.165) is 11.4 Å². The number of ether oxygens (including phenoxy) is 2. The van der Waals surface area contributed by atoms with Crippen molar-refractivity contribution in [2.75, 3.05) is 6.61 Å². The molecule has 9 nitrogen and oxygen atoms in total. The van der Waals surface area contributed by atoms with E-state index >= 15 is 0 Å². The second-order valence-corrected chi connectivity index (χ2v) is 6.09. The number of halogens is 1. The number of esters is 2. The molecule has 0 saturated heterocycles. The van der Waals surface area contributed by atoms with Crippen molar-refractivity contribution in [2.45, 2.75) is 47.3 Å². The minimum atomic E-state index is -4.94. The van der Waals surface area contributed by atoms with Gasteiger partial charge in [-0.05, 0) is 12.5 Å². The third kappa shape index (κ3) is 12.3. The fourth-order valence-electron chi connectivity index (χ4n) is 2.20. The average Bonchev–Trinajstić information content (AvgIpc) is 2.37. The first-order valence-corrected chi connectivity index (χ1v) is 8.43. The lowest BCUT2D eigenvalue weighted by Crippen LogP contribution is -2.68. The Kier molecular flexibility index (Phi) is 9.53. The highest BCUT2D eigenvalue weighted by atomic mass is 35.7. The number of aryl methyl sites for hydroxylation is 3. The fraction of sp³-hybridized carbons (Fsp3) is 0.533. The maximum absolute atomic E-state index is 11.1. The van der Waals surface area contributed by atoms with Crippen molar-refractivity contribution >= 4 is 11.9 Å². The lowest BCUT2D eigenvalue weighted by molar-refractivity contribution is -2.00. The van der Waals surface area contributed by atoms with Gasteiger partial charge in [-0.2, -0.15) is 4.57 Å². The van der Waals surface area contributed by atoms with Crippen molar-refractivity contribution in [2.24, 2.45) is 0 Å². The molecule has 1 aromatic rings. The highest BCUT2D eigenvalue weighted by molar-refractivity contribution is 5.67. The molecule has 0 fully saturated rings. The average molecular weight is 380 g/mol. The molecule has 25 heavy (non-hydrogen) atoms. The zero-order chi connectivity index (χ0) is 19.8. The van der Waals surface area contributed by atoms with Gasteiger partial charge in [0.1, 0.15) is 6.61 Å². The minimum Gasteiger partial charge on any atom is -0.462 e. The molecule has 1 heterocycles. The second-order valence-electron chi connectivity index (χ2n) is 5.34. The van der Waals surface area contributed by atoms with Gasteiger partial charge in [0, 0.05) is 39.8 Å². The normalized spacial score (nSPS) is 11.9. The van der Waals surface area contributed by atoms with Crippen molar-refractivity contribution in [1.82, 2.24) is 0 Å². The number of carbonyl (C=O) groups is 2. The van der Waals surface area contributed by atoms with Gasteiger partial charge in [0.05, 0.1) is 0 Å². The van der Waals surface area contributed by atoms with Crippen LogP contribution in [0.2, 0.25) is 0 Å². The van der Waals surface area contributed by atoms with Crippen molar-refractivity contribution in [3.8, 4) is 0 Å². The molecule has 10 heteroatoms. The maximum Gasteiger partial charge on any atom is 0.303 e. The van der Waals surface area contributed by atoms with Crippen LogP contribution in [0, 0.1) is 31.0 Å². The molecule has 1 aromatic heterocycles. The quantitative estimate of drug-likeness (QED) is 0.380. The first kappa shape index (κ1) is 23.2. The molecule has 0 N–H and O–H groups in total. The monoisotopic (exact) mass is 379 g/mol. The zero-order valence-electron chi connectivity index (χ0n) is 14.7. The van der Waals surface area contributed by atoms with E-state index in [2.05, 4.69) is 12.1 Å². The number of hydrogen-bond acceptors (Lipinski definition) is 8. The van der Waals surface area contributed by atoms with Crippen molar-refractivity contribution in [3.05, 3.63) is 29.1 Å². The van der Waals surface area contributed by atoms with Crippen LogP contribution in [0.4, 0.5) is 0 Å². The van der Waals surface area contributed by atoms with E-state index in [-0.39, 0.29) is 18.5 Å². The first-order chi connectivity index (χ1) is 11.3. The Morgan fingerprint density at radius 2 is 1.48 bits per heavy atom. The van der Waals surface area contributed by atoms with Crippen LogP contribution in [0.1, 0.15) is 30.8 Å². The molecule has 0 aliphatic heterocycles. The summed E-state index contributed by atoms with van der Waals surface area (Å²) >= 11 is 0. The van der Waals surface area contributed by atoms with Gasteiger partial charge in [0.15, 0.2) is 24.0 Å². The van der Waals surface area contributed by atoms with E-state index < -0.39 is 16.3 Å². The molecule has 0 saturated carbocycles. The number of nitrogens with zero attached hydrogens (tertiary/aromatic N) is 1. The third-order valence-electron chi connectivity index (χ3n) is 2.92. The summed E-state index contributed by atoms with van der Waals surface area (Å²) in [5, 5.41) is 0. The van der Waals surface area contributed by atoms with E-state index in [1.807, 2.05) is 25.3 Å². The maximum atomic E-state index is 11.1. The van der Waals surface area contributed by atoms with Crippen LogP contribution in [0.25, 0.3) is 0 Å². The van der Waals surface area contributed by atoms with E-state index in [0.29, 0.717) is 6.54 Å². The number of hydrogen-bond donors (Lipinski definition) is 0. The van der Waals surface area contributed by atoms with Gasteiger partial charge in [-0.3, -0.25) is 9.59 Å². The van der Waals surface area contributed by atoms with Gasteiger partial charge in [-0.1, -0.05) is 0 Å². The summed E-state index contributed by atoms with van der Waals surface area (Å²) in [6.45, 7) is 9.24. The van der Waals surface area contributed by atoms with Crippen LogP contribution in [0.15, 0.2) is 12.1 Å². The number of carbonyl (C=O) groups excluding carboxylic acids is 2. The van der Waals surface area contributed by atoms with Gasteiger partial charge in [0.2, 0.25) is 0 Å². The molecule has 1 unspecified atom stereocenters. The minimum absolute atomic E-state index is 0.0642. The van der Waals surface area contributed by atoms with Crippen molar-refractivity contribution in [1.29, 1.82) is 0 Å². The number of aromatic nitrogens is 1. The molecule has 0 aromatic carbocycles. The fourth-order valence-corrected chi connectivity index (χ4v) is 2.20. The van der Waals surface area contributed by atoms with Crippen LogP contribution < -0.4 is 23.2 Å². The van der Waals surface area contributed by atoms with Crippen LogP contribution >= 0.6 is 0 Å². The number of pyridine rings is 1. The van der Waals surface area contributed by atoms with E-state index in [1.54, 1.807) is 0 Å².